The number of pyridine rings is 1. The maximum atomic E-state index is 14.0. The zero-order valence-corrected chi connectivity index (χ0v) is 25.4. The first-order valence-corrected chi connectivity index (χ1v) is 14.2. The molecule has 0 spiro atoms. The second-order valence-corrected chi connectivity index (χ2v) is 10.7. The Balaban J connectivity index is 1.66. The molecule has 3 heterocycles. The molecule has 0 saturated heterocycles. The highest BCUT2D eigenvalue weighted by atomic mass is 19.1. The molecule has 2 aromatic carbocycles. The van der Waals surface area contributed by atoms with Gasteiger partial charge >= 0.3 is 0 Å². The number of amides is 2. The molecule has 0 bridgehead atoms. The van der Waals surface area contributed by atoms with Crippen LogP contribution in [-0.4, -0.2) is 51.1 Å². The molecule has 0 unspecified atom stereocenters. The Labute approximate surface area is 254 Å². The summed E-state index contributed by atoms with van der Waals surface area (Å²) >= 11 is 0. The van der Waals surface area contributed by atoms with Gasteiger partial charge < -0.3 is 25.1 Å². The van der Waals surface area contributed by atoms with Gasteiger partial charge in [0.15, 0.2) is 0 Å². The summed E-state index contributed by atoms with van der Waals surface area (Å²) in [7, 11) is 3.22. The van der Waals surface area contributed by atoms with Gasteiger partial charge in [0.05, 0.1) is 29.5 Å². The lowest BCUT2D eigenvalue weighted by atomic mass is 10.0. The lowest BCUT2D eigenvalue weighted by Crippen LogP contribution is -2.37. The van der Waals surface area contributed by atoms with Gasteiger partial charge in [-0.15, -0.1) is 0 Å². The highest BCUT2D eigenvalue weighted by molar-refractivity contribution is 5.96. The summed E-state index contributed by atoms with van der Waals surface area (Å²) in [6.07, 6.45) is 1.89. The molecule has 44 heavy (non-hydrogen) atoms. The van der Waals surface area contributed by atoms with E-state index < -0.39 is 11.6 Å². The summed E-state index contributed by atoms with van der Waals surface area (Å²) in [5.41, 5.74) is 4.44. The smallest absolute Gasteiger partial charge is 0.275 e. The van der Waals surface area contributed by atoms with Crippen LogP contribution in [0.3, 0.4) is 0 Å². The van der Waals surface area contributed by atoms with E-state index in [4.69, 9.17) is 0 Å². The molecule has 5 rings (SSSR count). The first kappa shape index (κ1) is 30.3. The third-order valence-electron chi connectivity index (χ3n) is 7.67. The van der Waals surface area contributed by atoms with Crippen LogP contribution in [0.25, 0.3) is 28.0 Å². The van der Waals surface area contributed by atoms with Gasteiger partial charge in [0, 0.05) is 35.8 Å². The number of hydrogen-bond acceptors (Lipinski definition) is 6. The summed E-state index contributed by atoms with van der Waals surface area (Å²) in [5, 5.41) is 9.01. The molecule has 0 aliphatic rings. The van der Waals surface area contributed by atoms with Crippen LogP contribution < -0.4 is 21.5 Å². The predicted octanol–water partition coefficient (Wildman–Crippen LogP) is 4.27. The average Bonchev–Trinajstić information content (AvgIpc) is 3.33. The summed E-state index contributed by atoms with van der Waals surface area (Å²) in [5.74, 6) is 0.121. The number of carbonyl (C=O) groups is 2. The van der Waals surface area contributed by atoms with E-state index >= 15 is 0 Å². The Morgan fingerprint density at radius 2 is 1.73 bits per heavy atom. The molecule has 0 aliphatic heterocycles. The van der Waals surface area contributed by atoms with Gasteiger partial charge in [-0.05, 0) is 88.3 Å². The lowest BCUT2D eigenvalue weighted by Gasteiger charge is -2.18. The third kappa shape index (κ3) is 5.86. The molecular formula is C33H34FN7O3. The Morgan fingerprint density at radius 1 is 0.955 bits per heavy atom. The number of halogens is 1. The van der Waals surface area contributed by atoms with Crippen molar-refractivity contribution in [1.82, 2.24) is 29.7 Å². The largest absolute Gasteiger partial charge is 0.355 e. The number of nitrogens with one attached hydrogen (secondary N) is 3. The summed E-state index contributed by atoms with van der Waals surface area (Å²) < 4.78 is 17.4. The Morgan fingerprint density at radius 3 is 2.45 bits per heavy atom. The molecule has 1 atom stereocenters. The van der Waals surface area contributed by atoms with E-state index in [2.05, 4.69) is 25.9 Å². The molecular weight excluding hydrogens is 561 g/mol. The molecule has 5 aromatic rings. The molecule has 0 radical (unpaired) electrons. The van der Waals surface area contributed by atoms with E-state index in [0.29, 0.717) is 34.2 Å². The summed E-state index contributed by atoms with van der Waals surface area (Å²) in [6.45, 7) is 7.32. The van der Waals surface area contributed by atoms with Gasteiger partial charge in [-0.25, -0.2) is 14.4 Å². The van der Waals surface area contributed by atoms with Crippen molar-refractivity contribution in [2.75, 3.05) is 19.4 Å². The maximum absolute atomic E-state index is 14.0. The fraction of sp³-hybridized carbons (Fsp3) is 0.242. The van der Waals surface area contributed by atoms with E-state index in [0.717, 1.165) is 22.0 Å². The fourth-order valence-corrected chi connectivity index (χ4v) is 5.16. The quantitative estimate of drug-likeness (QED) is 0.246. The van der Waals surface area contributed by atoms with Crippen LogP contribution in [0.15, 0.2) is 65.6 Å². The third-order valence-corrected chi connectivity index (χ3v) is 7.67. The maximum Gasteiger partial charge on any atom is 0.275 e. The number of aromatic nitrogens is 4. The Hall–Kier alpha value is -5.16. The van der Waals surface area contributed by atoms with Gasteiger partial charge in [-0.2, -0.15) is 0 Å². The predicted molar refractivity (Wildman–Crippen MR) is 169 cm³/mol. The van der Waals surface area contributed by atoms with Crippen LogP contribution in [-0.2, 0) is 11.3 Å². The first-order valence-electron chi connectivity index (χ1n) is 14.2. The monoisotopic (exact) mass is 595 g/mol. The number of carbonyl (C=O) groups excluding carboxylic acids is 2. The van der Waals surface area contributed by atoms with Gasteiger partial charge in [0.25, 0.3) is 11.5 Å². The number of benzene rings is 2. The molecule has 226 valence electrons. The number of rotatable bonds is 8. The fourth-order valence-electron chi connectivity index (χ4n) is 5.16. The van der Waals surface area contributed by atoms with Gasteiger partial charge in [0.2, 0.25) is 5.91 Å². The number of aryl methyl sites for hydroxylation is 3. The van der Waals surface area contributed by atoms with Crippen molar-refractivity contribution < 1.29 is 14.0 Å². The van der Waals surface area contributed by atoms with Crippen LogP contribution in [0, 0.1) is 26.6 Å². The van der Waals surface area contributed by atoms with Gasteiger partial charge in [-0.1, -0.05) is 6.07 Å². The van der Waals surface area contributed by atoms with E-state index in [1.807, 2.05) is 30.7 Å². The van der Waals surface area contributed by atoms with Crippen LogP contribution in [0.2, 0.25) is 0 Å². The van der Waals surface area contributed by atoms with E-state index in [-0.39, 0.29) is 29.9 Å². The standard InChI is InChI=1S/C33H34FN7O3/c1-18-7-8-22(32(43)36-6)13-25(18)29-12-10-27(39-31(42)20(3)35-5)33(44)41(29)17-24-15-30(38-21(4)37-24)40-16-19(2)26-14-23(34)9-11-28(26)40/h7-16,20,35H,17H2,1-6H3,(H,36,43)(H,39,42)/t20-/m0/s1. The topological polar surface area (TPSA) is 123 Å². The number of likely N-dealkylation sites (N-methyl/N-ethyl adjacent to an activating group) is 1. The molecule has 2 amide bonds. The Kier molecular flexibility index (Phi) is 8.41. The molecule has 3 N–H and O–H groups in total. The number of anilines is 1. The van der Waals surface area contributed by atoms with Crippen LogP contribution in [0.5, 0.6) is 0 Å². The molecule has 11 heteroatoms. The average molecular weight is 596 g/mol. The minimum atomic E-state index is -0.519. The summed E-state index contributed by atoms with van der Waals surface area (Å²) in [6, 6.07) is 14.5. The van der Waals surface area contributed by atoms with Crippen molar-refractivity contribution in [1.29, 1.82) is 0 Å². The van der Waals surface area contributed by atoms with Crippen molar-refractivity contribution in [3.05, 3.63) is 105 Å². The minimum absolute atomic E-state index is 0.0479. The SMILES string of the molecule is CNC(=O)c1ccc(C)c(-c2ccc(NC(=O)[C@H](C)NC)c(=O)n2Cc2cc(-n3cc(C)c4cc(F)ccc43)nc(C)n2)c1. The van der Waals surface area contributed by atoms with Crippen LogP contribution in [0.1, 0.15) is 39.9 Å². The van der Waals surface area contributed by atoms with Crippen molar-refractivity contribution in [2.24, 2.45) is 0 Å². The normalized spacial score (nSPS) is 11.9. The number of hydrogen-bond donors (Lipinski definition) is 3. The molecule has 0 fully saturated rings. The van der Waals surface area contributed by atoms with Crippen LogP contribution in [0.4, 0.5) is 10.1 Å². The number of fused-ring (bicyclic) bond motifs is 1. The second kappa shape index (κ2) is 12.2. The highest BCUT2D eigenvalue weighted by Gasteiger charge is 2.19. The van der Waals surface area contributed by atoms with Crippen molar-refractivity contribution in [2.45, 2.75) is 40.3 Å². The van der Waals surface area contributed by atoms with E-state index in [1.54, 1.807) is 64.3 Å². The van der Waals surface area contributed by atoms with Crippen molar-refractivity contribution in [3.63, 3.8) is 0 Å². The van der Waals surface area contributed by atoms with Gasteiger partial charge in [0.1, 0.15) is 23.1 Å². The number of nitrogens with zero attached hydrogens (tertiary/aromatic N) is 4. The molecule has 10 nitrogen and oxygen atoms in total. The molecule has 0 aliphatic carbocycles. The lowest BCUT2D eigenvalue weighted by molar-refractivity contribution is -0.117. The first-order chi connectivity index (χ1) is 21.0. The van der Waals surface area contributed by atoms with Crippen molar-refractivity contribution >= 4 is 28.4 Å². The van der Waals surface area contributed by atoms with E-state index in [9.17, 15) is 18.8 Å². The second-order valence-electron chi connectivity index (χ2n) is 10.7. The molecule has 3 aromatic heterocycles. The van der Waals surface area contributed by atoms with Crippen molar-refractivity contribution in [3.8, 4) is 17.1 Å². The molecule has 0 saturated carbocycles. The van der Waals surface area contributed by atoms with E-state index in [1.165, 1.54) is 16.7 Å². The Bertz CT molecular complexity index is 1980. The minimum Gasteiger partial charge on any atom is -0.355 e. The zero-order chi connectivity index (χ0) is 31.7. The van der Waals surface area contributed by atoms with Crippen LogP contribution >= 0.6 is 0 Å². The summed E-state index contributed by atoms with van der Waals surface area (Å²) in [4.78, 5) is 48.5. The highest BCUT2D eigenvalue weighted by Crippen LogP contribution is 2.27. The van der Waals surface area contributed by atoms with Gasteiger partial charge in [-0.3, -0.25) is 14.4 Å². The zero-order valence-electron chi connectivity index (χ0n) is 25.4.